The van der Waals surface area contributed by atoms with Gasteiger partial charge in [0.1, 0.15) is 0 Å². The van der Waals surface area contributed by atoms with E-state index < -0.39 is 0 Å². The first-order valence-electron chi connectivity index (χ1n) is 7.42. The number of carbonyl (C=O) groups excluding carboxylic acids is 1. The molecule has 2 aliphatic carbocycles. The van der Waals surface area contributed by atoms with E-state index in [1.54, 1.807) is 0 Å². The van der Waals surface area contributed by atoms with Crippen LogP contribution >= 0.6 is 0 Å². The quantitative estimate of drug-likeness (QED) is 0.645. The minimum atomic E-state index is 0.129. The number of hydrogen-bond donors (Lipinski definition) is 2. The Balaban J connectivity index is 1.41. The van der Waals surface area contributed by atoms with Crippen LogP contribution in [0.4, 0.5) is 0 Å². The van der Waals surface area contributed by atoms with Crippen molar-refractivity contribution in [2.75, 3.05) is 26.3 Å². The molecule has 2 fully saturated rings. The van der Waals surface area contributed by atoms with Crippen molar-refractivity contribution in [3.63, 3.8) is 0 Å². The lowest BCUT2D eigenvalue weighted by atomic mass is 9.95. The van der Waals surface area contributed by atoms with E-state index >= 15 is 0 Å². The third-order valence-corrected chi connectivity index (χ3v) is 3.73. The summed E-state index contributed by atoms with van der Waals surface area (Å²) in [5, 5.41) is 6.23. The standard InChI is InChI=1S/C14H26N2O2/c17-14(16-13-4-2-1-3-5-13)10-15-8-9-18-11-12-6-7-12/h12-13,15H,1-11H2,(H,16,17). The maximum atomic E-state index is 11.6. The van der Waals surface area contributed by atoms with Gasteiger partial charge in [-0.1, -0.05) is 19.3 Å². The van der Waals surface area contributed by atoms with Crippen LogP contribution in [-0.2, 0) is 9.53 Å². The first-order valence-corrected chi connectivity index (χ1v) is 7.42. The fraction of sp³-hybridized carbons (Fsp3) is 0.929. The largest absolute Gasteiger partial charge is 0.380 e. The van der Waals surface area contributed by atoms with Crippen molar-refractivity contribution >= 4 is 5.91 Å². The lowest BCUT2D eigenvalue weighted by Crippen LogP contribution is -2.41. The van der Waals surface area contributed by atoms with Gasteiger partial charge in [-0.3, -0.25) is 4.79 Å². The molecule has 2 N–H and O–H groups in total. The normalized spacial score (nSPS) is 20.9. The predicted molar refractivity (Wildman–Crippen MR) is 71.4 cm³/mol. The molecule has 0 saturated heterocycles. The second-order valence-corrected chi connectivity index (χ2v) is 5.60. The van der Waals surface area contributed by atoms with E-state index in [1.807, 2.05) is 0 Å². The van der Waals surface area contributed by atoms with E-state index in [0.29, 0.717) is 19.2 Å². The van der Waals surface area contributed by atoms with Crippen molar-refractivity contribution in [1.29, 1.82) is 0 Å². The molecule has 2 rings (SSSR count). The van der Waals surface area contributed by atoms with Gasteiger partial charge in [-0.25, -0.2) is 0 Å². The molecule has 0 aromatic heterocycles. The molecule has 1 amide bonds. The summed E-state index contributed by atoms with van der Waals surface area (Å²) in [6.45, 7) is 2.80. The predicted octanol–water partition coefficient (Wildman–Crippen LogP) is 1.45. The van der Waals surface area contributed by atoms with Crippen molar-refractivity contribution in [3.05, 3.63) is 0 Å². The Morgan fingerprint density at radius 3 is 2.61 bits per heavy atom. The molecule has 0 radical (unpaired) electrons. The highest BCUT2D eigenvalue weighted by molar-refractivity contribution is 5.78. The second kappa shape index (κ2) is 7.74. The van der Waals surface area contributed by atoms with E-state index in [9.17, 15) is 4.79 Å². The van der Waals surface area contributed by atoms with Crippen LogP contribution in [0.5, 0.6) is 0 Å². The third-order valence-electron chi connectivity index (χ3n) is 3.73. The van der Waals surface area contributed by atoms with Crippen molar-refractivity contribution in [2.45, 2.75) is 51.0 Å². The monoisotopic (exact) mass is 254 g/mol. The molecule has 0 atom stereocenters. The van der Waals surface area contributed by atoms with Gasteiger partial charge in [-0.2, -0.15) is 0 Å². The fourth-order valence-electron chi connectivity index (χ4n) is 2.41. The van der Waals surface area contributed by atoms with Gasteiger partial charge in [0.2, 0.25) is 5.91 Å². The summed E-state index contributed by atoms with van der Waals surface area (Å²) >= 11 is 0. The summed E-state index contributed by atoms with van der Waals surface area (Å²) in [7, 11) is 0. The Kier molecular flexibility index (Phi) is 5.94. The topological polar surface area (TPSA) is 50.4 Å². The molecule has 0 heterocycles. The van der Waals surface area contributed by atoms with Gasteiger partial charge in [0, 0.05) is 19.2 Å². The maximum Gasteiger partial charge on any atom is 0.234 e. The van der Waals surface area contributed by atoms with Crippen LogP contribution in [0.1, 0.15) is 44.9 Å². The van der Waals surface area contributed by atoms with Gasteiger partial charge in [0.05, 0.1) is 13.2 Å². The second-order valence-electron chi connectivity index (χ2n) is 5.60. The van der Waals surface area contributed by atoms with E-state index in [-0.39, 0.29) is 5.91 Å². The molecule has 2 saturated carbocycles. The minimum Gasteiger partial charge on any atom is -0.380 e. The molecule has 0 aliphatic heterocycles. The number of hydrogen-bond acceptors (Lipinski definition) is 3. The smallest absolute Gasteiger partial charge is 0.234 e. The van der Waals surface area contributed by atoms with Crippen molar-refractivity contribution in [3.8, 4) is 0 Å². The van der Waals surface area contributed by atoms with E-state index in [2.05, 4.69) is 10.6 Å². The SMILES string of the molecule is O=C(CNCCOCC1CC1)NC1CCCCC1. The molecule has 2 aliphatic rings. The van der Waals surface area contributed by atoms with Gasteiger partial charge in [0.15, 0.2) is 0 Å². The lowest BCUT2D eigenvalue weighted by molar-refractivity contribution is -0.121. The average molecular weight is 254 g/mol. The van der Waals surface area contributed by atoms with E-state index in [4.69, 9.17) is 4.74 Å². The molecule has 104 valence electrons. The van der Waals surface area contributed by atoms with Crippen molar-refractivity contribution in [1.82, 2.24) is 10.6 Å². The molecule has 0 bridgehead atoms. The first kappa shape index (κ1) is 13.8. The van der Waals surface area contributed by atoms with Gasteiger partial charge < -0.3 is 15.4 Å². The number of amides is 1. The van der Waals surface area contributed by atoms with Crippen LogP contribution in [0, 0.1) is 5.92 Å². The fourth-order valence-corrected chi connectivity index (χ4v) is 2.41. The highest BCUT2D eigenvalue weighted by Gasteiger charge is 2.20. The summed E-state index contributed by atoms with van der Waals surface area (Å²) in [6.07, 6.45) is 8.80. The third kappa shape index (κ3) is 5.83. The zero-order valence-electron chi connectivity index (χ0n) is 11.2. The molecule has 4 nitrogen and oxygen atoms in total. The molecule has 18 heavy (non-hydrogen) atoms. The summed E-state index contributed by atoms with van der Waals surface area (Å²) < 4.78 is 5.50. The summed E-state index contributed by atoms with van der Waals surface area (Å²) in [5.41, 5.74) is 0. The zero-order chi connectivity index (χ0) is 12.6. The Bertz CT molecular complexity index is 248. The van der Waals surface area contributed by atoms with Crippen LogP contribution in [0.2, 0.25) is 0 Å². The molecule has 0 unspecified atom stereocenters. The summed E-state index contributed by atoms with van der Waals surface area (Å²) in [5.74, 6) is 0.948. The van der Waals surface area contributed by atoms with Crippen LogP contribution in [0.15, 0.2) is 0 Å². The molecule has 0 aromatic carbocycles. The Hall–Kier alpha value is -0.610. The van der Waals surface area contributed by atoms with Gasteiger partial charge in [-0.15, -0.1) is 0 Å². The van der Waals surface area contributed by atoms with Gasteiger partial charge in [-0.05, 0) is 31.6 Å². The van der Waals surface area contributed by atoms with Crippen LogP contribution in [0.3, 0.4) is 0 Å². The van der Waals surface area contributed by atoms with E-state index in [0.717, 1.165) is 31.9 Å². The number of ether oxygens (including phenoxy) is 1. The molecule has 0 spiro atoms. The van der Waals surface area contributed by atoms with Crippen LogP contribution < -0.4 is 10.6 Å². The molecule has 4 heteroatoms. The van der Waals surface area contributed by atoms with Crippen molar-refractivity contribution in [2.24, 2.45) is 5.92 Å². The van der Waals surface area contributed by atoms with Gasteiger partial charge >= 0.3 is 0 Å². The maximum absolute atomic E-state index is 11.6. The van der Waals surface area contributed by atoms with Crippen LogP contribution in [-0.4, -0.2) is 38.3 Å². The van der Waals surface area contributed by atoms with Crippen LogP contribution in [0.25, 0.3) is 0 Å². The molecule has 0 aromatic rings. The average Bonchev–Trinajstić information content (AvgIpc) is 3.19. The van der Waals surface area contributed by atoms with Crippen molar-refractivity contribution < 1.29 is 9.53 Å². The lowest BCUT2D eigenvalue weighted by Gasteiger charge is -2.22. The number of nitrogens with one attached hydrogen (secondary N) is 2. The highest BCUT2D eigenvalue weighted by Crippen LogP contribution is 2.28. The first-order chi connectivity index (χ1) is 8.84. The molecular formula is C14H26N2O2. The number of carbonyl (C=O) groups is 1. The Morgan fingerprint density at radius 2 is 1.89 bits per heavy atom. The minimum absolute atomic E-state index is 0.129. The van der Waals surface area contributed by atoms with Gasteiger partial charge in [0.25, 0.3) is 0 Å². The highest BCUT2D eigenvalue weighted by atomic mass is 16.5. The zero-order valence-corrected chi connectivity index (χ0v) is 11.2. The van der Waals surface area contributed by atoms with E-state index in [1.165, 1.54) is 32.1 Å². The number of rotatable bonds is 8. The Labute approximate surface area is 110 Å². The summed E-state index contributed by atoms with van der Waals surface area (Å²) in [6, 6.07) is 0.416. The Morgan fingerprint density at radius 1 is 1.11 bits per heavy atom. The molecular weight excluding hydrogens is 228 g/mol. The summed E-state index contributed by atoms with van der Waals surface area (Å²) in [4.78, 5) is 11.6.